The Morgan fingerprint density at radius 2 is 2.00 bits per heavy atom. The Bertz CT molecular complexity index is 507. The topological polar surface area (TPSA) is 51.8 Å². The number of aromatic nitrogens is 2. The molecular formula is C9H6F3N3S. The molecule has 2 aromatic rings. The second-order valence-electron chi connectivity index (χ2n) is 2.99. The van der Waals surface area contributed by atoms with E-state index >= 15 is 0 Å². The highest BCUT2D eigenvalue weighted by molar-refractivity contribution is 7.15. The molecule has 0 radical (unpaired) electrons. The lowest BCUT2D eigenvalue weighted by Gasteiger charge is -2.01. The predicted molar refractivity (Wildman–Crippen MR) is 54.8 cm³/mol. The first kappa shape index (κ1) is 10.9. The zero-order chi connectivity index (χ0) is 11.8. The number of nitrogens with two attached hydrogens (primary N) is 1. The average Bonchev–Trinajstić information content (AvgIpc) is 2.66. The van der Waals surface area contributed by atoms with Crippen molar-refractivity contribution in [3.05, 3.63) is 29.7 Å². The molecule has 0 bridgehead atoms. The number of hydrogen-bond donors (Lipinski definition) is 1. The van der Waals surface area contributed by atoms with E-state index in [2.05, 4.69) is 9.97 Å². The van der Waals surface area contributed by atoms with Crippen LogP contribution in [0.4, 0.5) is 18.9 Å². The quantitative estimate of drug-likeness (QED) is 0.840. The van der Waals surface area contributed by atoms with E-state index in [9.17, 15) is 13.2 Å². The summed E-state index contributed by atoms with van der Waals surface area (Å²) in [7, 11) is 0. The fourth-order valence-corrected chi connectivity index (χ4v) is 1.99. The number of pyridine rings is 1. The van der Waals surface area contributed by atoms with Crippen LogP contribution in [0.5, 0.6) is 0 Å². The van der Waals surface area contributed by atoms with E-state index in [-0.39, 0.29) is 0 Å². The smallest absolute Gasteiger partial charge is 0.397 e. The highest BCUT2D eigenvalue weighted by atomic mass is 32.1. The van der Waals surface area contributed by atoms with Crippen LogP contribution in [0.15, 0.2) is 24.7 Å². The van der Waals surface area contributed by atoms with Crippen molar-refractivity contribution in [1.29, 1.82) is 0 Å². The van der Waals surface area contributed by atoms with E-state index in [4.69, 9.17) is 5.73 Å². The summed E-state index contributed by atoms with van der Waals surface area (Å²) in [5, 5.41) is -0.876. The maximum absolute atomic E-state index is 12.3. The average molecular weight is 245 g/mol. The summed E-state index contributed by atoms with van der Waals surface area (Å²) >= 11 is 0.563. The van der Waals surface area contributed by atoms with Crippen LogP contribution < -0.4 is 5.73 Å². The molecule has 2 heterocycles. The second kappa shape index (κ2) is 3.75. The van der Waals surface area contributed by atoms with Gasteiger partial charge in [0, 0.05) is 18.0 Å². The van der Waals surface area contributed by atoms with Gasteiger partial charge in [-0.15, -0.1) is 11.3 Å². The Morgan fingerprint density at radius 1 is 1.25 bits per heavy atom. The van der Waals surface area contributed by atoms with Gasteiger partial charge in [0.2, 0.25) is 0 Å². The monoisotopic (exact) mass is 245 g/mol. The van der Waals surface area contributed by atoms with E-state index in [1.54, 1.807) is 6.07 Å². The first-order valence-corrected chi connectivity index (χ1v) is 5.03. The largest absolute Gasteiger partial charge is 0.443 e. The normalized spacial score (nSPS) is 11.7. The van der Waals surface area contributed by atoms with Crippen LogP contribution in [-0.2, 0) is 6.18 Å². The van der Waals surface area contributed by atoms with E-state index in [0.29, 0.717) is 27.5 Å². The number of nitrogen functional groups attached to an aromatic ring is 1. The Balaban J connectivity index is 2.44. The molecule has 2 rings (SSSR count). The van der Waals surface area contributed by atoms with E-state index in [1.807, 2.05) is 0 Å². The van der Waals surface area contributed by atoms with Crippen LogP contribution in [-0.4, -0.2) is 9.97 Å². The molecule has 16 heavy (non-hydrogen) atoms. The fourth-order valence-electron chi connectivity index (χ4n) is 1.16. The van der Waals surface area contributed by atoms with Gasteiger partial charge < -0.3 is 5.73 Å². The van der Waals surface area contributed by atoms with Gasteiger partial charge in [-0.05, 0) is 6.07 Å². The molecule has 2 N–H and O–H groups in total. The van der Waals surface area contributed by atoms with Crippen molar-refractivity contribution in [2.45, 2.75) is 6.18 Å². The van der Waals surface area contributed by atoms with E-state index < -0.39 is 11.2 Å². The van der Waals surface area contributed by atoms with Gasteiger partial charge in [-0.25, -0.2) is 4.98 Å². The fraction of sp³-hybridized carbons (Fsp3) is 0.111. The summed E-state index contributed by atoms with van der Waals surface area (Å²) in [4.78, 5) is 7.47. The third-order valence-electron chi connectivity index (χ3n) is 1.87. The third-order valence-corrected chi connectivity index (χ3v) is 2.94. The minimum atomic E-state index is -4.41. The van der Waals surface area contributed by atoms with Gasteiger partial charge >= 0.3 is 6.18 Å². The van der Waals surface area contributed by atoms with E-state index in [1.165, 1.54) is 18.6 Å². The van der Waals surface area contributed by atoms with Gasteiger partial charge in [-0.3, -0.25) is 4.98 Å². The Morgan fingerprint density at radius 3 is 2.56 bits per heavy atom. The molecule has 0 atom stereocenters. The number of thiazole rings is 1. The van der Waals surface area contributed by atoms with Crippen molar-refractivity contribution in [1.82, 2.24) is 9.97 Å². The molecule has 0 spiro atoms. The first-order valence-electron chi connectivity index (χ1n) is 4.21. The van der Waals surface area contributed by atoms with Crippen LogP contribution in [0, 0.1) is 0 Å². The molecule has 0 amide bonds. The lowest BCUT2D eigenvalue weighted by Crippen LogP contribution is -2.02. The van der Waals surface area contributed by atoms with Gasteiger partial charge in [0.25, 0.3) is 0 Å². The van der Waals surface area contributed by atoms with Crippen LogP contribution >= 0.6 is 11.3 Å². The molecular weight excluding hydrogens is 239 g/mol. The number of halogens is 3. The molecule has 84 valence electrons. The molecule has 2 aromatic heterocycles. The molecule has 0 saturated heterocycles. The molecule has 0 saturated carbocycles. The number of anilines is 1. The van der Waals surface area contributed by atoms with Crippen molar-refractivity contribution < 1.29 is 13.2 Å². The van der Waals surface area contributed by atoms with Gasteiger partial charge in [0.15, 0.2) is 5.01 Å². The molecule has 0 aliphatic rings. The zero-order valence-corrected chi connectivity index (χ0v) is 8.64. The van der Waals surface area contributed by atoms with Crippen molar-refractivity contribution in [3.8, 4) is 10.4 Å². The van der Waals surface area contributed by atoms with Gasteiger partial charge in [-0.1, -0.05) is 0 Å². The minimum Gasteiger partial charge on any atom is -0.397 e. The molecule has 3 nitrogen and oxygen atoms in total. The number of nitrogens with zero attached hydrogens (tertiary/aromatic N) is 2. The highest BCUT2D eigenvalue weighted by Gasteiger charge is 2.34. The number of alkyl halides is 3. The molecule has 7 heteroatoms. The number of rotatable bonds is 1. The maximum atomic E-state index is 12.3. The zero-order valence-electron chi connectivity index (χ0n) is 7.82. The standard InChI is InChI=1S/C9H6F3N3S/c10-9(11,12)8-15-4-7(16-8)5-1-2-14-3-6(5)13/h1-4H,13H2. The Labute approximate surface area is 92.8 Å². The third kappa shape index (κ3) is 1.99. The SMILES string of the molecule is Nc1cnccc1-c1cnc(C(F)(F)F)s1. The summed E-state index contributed by atoms with van der Waals surface area (Å²) in [5.41, 5.74) is 6.46. The molecule has 0 aliphatic heterocycles. The van der Waals surface area contributed by atoms with Crippen LogP contribution in [0.2, 0.25) is 0 Å². The summed E-state index contributed by atoms with van der Waals surface area (Å²) in [6, 6.07) is 1.56. The van der Waals surface area contributed by atoms with Crippen molar-refractivity contribution in [2.75, 3.05) is 5.73 Å². The second-order valence-corrected chi connectivity index (χ2v) is 4.02. The lowest BCUT2D eigenvalue weighted by molar-refractivity contribution is -0.137. The van der Waals surface area contributed by atoms with E-state index in [0.717, 1.165) is 0 Å². The maximum Gasteiger partial charge on any atom is 0.443 e. The molecule has 0 aliphatic carbocycles. The lowest BCUT2D eigenvalue weighted by atomic mass is 10.2. The van der Waals surface area contributed by atoms with Crippen molar-refractivity contribution >= 4 is 17.0 Å². The summed E-state index contributed by atoms with van der Waals surface area (Å²) in [5.74, 6) is 0. The van der Waals surface area contributed by atoms with Crippen LogP contribution in [0.1, 0.15) is 5.01 Å². The summed E-state index contributed by atoms with van der Waals surface area (Å²) in [6.45, 7) is 0. The predicted octanol–water partition coefficient (Wildman–Crippen LogP) is 2.81. The Kier molecular flexibility index (Phi) is 2.55. The molecule has 0 fully saturated rings. The van der Waals surface area contributed by atoms with Gasteiger partial charge in [0.05, 0.1) is 16.8 Å². The van der Waals surface area contributed by atoms with Crippen LogP contribution in [0.3, 0.4) is 0 Å². The van der Waals surface area contributed by atoms with Crippen molar-refractivity contribution in [3.63, 3.8) is 0 Å². The highest BCUT2D eigenvalue weighted by Crippen LogP contribution is 2.37. The van der Waals surface area contributed by atoms with Crippen molar-refractivity contribution in [2.24, 2.45) is 0 Å². The summed E-state index contributed by atoms with van der Waals surface area (Å²) in [6.07, 6.45) is -0.384. The Hall–Kier alpha value is -1.63. The molecule has 0 aromatic carbocycles. The minimum absolute atomic E-state index is 0.333. The molecule has 0 unspecified atom stereocenters. The summed E-state index contributed by atoms with van der Waals surface area (Å²) < 4.78 is 37.0. The van der Waals surface area contributed by atoms with Crippen LogP contribution in [0.25, 0.3) is 10.4 Å². The van der Waals surface area contributed by atoms with Gasteiger partial charge in [0.1, 0.15) is 0 Å². The van der Waals surface area contributed by atoms with Gasteiger partial charge in [-0.2, -0.15) is 13.2 Å². The number of hydrogen-bond acceptors (Lipinski definition) is 4. The first-order chi connectivity index (χ1) is 7.48.